The average molecular weight is 374 g/mol. The van der Waals surface area contributed by atoms with E-state index in [1.165, 1.54) is 16.7 Å². The third kappa shape index (κ3) is 4.02. The van der Waals surface area contributed by atoms with Crippen molar-refractivity contribution in [2.45, 2.75) is 20.4 Å². The molecule has 144 valence electrons. The molecule has 1 N–H and O–H groups in total. The minimum Gasteiger partial charge on any atom is -0.507 e. The molecule has 1 fully saturated rings. The Labute approximate surface area is 166 Å². The van der Waals surface area contributed by atoms with E-state index in [0.29, 0.717) is 0 Å². The molecule has 0 spiro atoms. The Balaban J connectivity index is 1.40. The number of phenolic OH excluding ortho intramolecular Hbond substituents is 1. The summed E-state index contributed by atoms with van der Waals surface area (Å²) in [4.78, 5) is 2.49. The van der Waals surface area contributed by atoms with Crippen LogP contribution in [0.15, 0.2) is 59.7 Å². The highest BCUT2D eigenvalue weighted by Crippen LogP contribution is 2.25. The van der Waals surface area contributed by atoms with Crippen molar-refractivity contribution in [3.8, 4) is 5.75 Å². The number of rotatable bonds is 4. The van der Waals surface area contributed by atoms with Crippen LogP contribution >= 0.6 is 0 Å². The van der Waals surface area contributed by atoms with Crippen molar-refractivity contribution in [3.05, 3.63) is 76.9 Å². The molecule has 1 aliphatic rings. The molecule has 0 aromatic heterocycles. The van der Waals surface area contributed by atoms with E-state index in [1.807, 2.05) is 24.3 Å². The first kappa shape index (κ1) is 18.5. The summed E-state index contributed by atoms with van der Waals surface area (Å²) in [5.41, 5.74) is 4.88. The molecular formula is C24H27N3O. The molecule has 4 nitrogen and oxygen atoms in total. The Morgan fingerprint density at radius 1 is 0.964 bits per heavy atom. The number of aryl methyl sites for hydroxylation is 2. The number of aromatic hydroxyl groups is 1. The summed E-state index contributed by atoms with van der Waals surface area (Å²) in [6, 6.07) is 18.5. The molecule has 1 aliphatic heterocycles. The number of nitrogens with zero attached hydrogens (tertiary/aromatic N) is 3. The highest BCUT2D eigenvalue weighted by molar-refractivity contribution is 6.02. The van der Waals surface area contributed by atoms with Crippen LogP contribution in [-0.4, -0.2) is 47.4 Å². The van der Waals surface area contributed by atoms with Crippen molar-refractivity contribution in [1.29, 1.82) is 0 Å². The number of hydrogen-bond acceptors (Lipinski definition) is 4. The second kappa shape index (κ2) is 8.03. The van der Waals surface area contributed by atoms with Crippen molar-refractivity contribution in [2.24, 2.45) is 5.10 Å². The van der Waals surface area contributed by atoms with Crippen LogP contribution in [0.2, 0.25) is 0 Å². The lowest BCUT2D eigenvalue weighted by Gasteiger charge is -2.33. The fourth-order valence-corrected chi connectivity index (χ4v) is 3.83. The quantitative estimate of drug-likeness (QED) is 0.693. The Kier molecular flexibility index (Phi) is 5.31. The first-order valence-corrected chi connectivity index (χ1v) is 9.88. The van der Waals surface area contributed by atoms with E-state index in [1.54, 1.807) is 12.3 Å². The topological polar surface area (TPSA) is 39.1 Å². The van der Waals surface area contributed by atoms with Gasteiger partial charge in [-0.05, 0) is 41.8 Å². The van der Waals surface area contributed by atoms with Crippen molar-refractivity contribution >= 4 is 17.0 Å². The molecule has 4 rings (SSSR count). The molecule has 0 unspecified atom stereocenters. The van der Waals surface area contributed by atoms with Gasteiger partial charge in [-0.1, -0.05) is 54.1 Å². The number of hydrazone groups is 1. The highest BCUT2D eigenvalue weighted by atomic mass is 16.3. The van der Waals surface area contributed by atoms with E-state index in [0.717, 1.165) is 49.1 Å². The zero-order chi connectivity index (χ0) is 19.5. The van der Waals surface area contributed by atoms with Crippen molar-refractivity contribution < 1.29 is 5.11 Å². The zero-order valence-corrected chi connectivity index (χ0v) is 16.6. The second-order valence-corrected chi connectivity index (χ2v) is 7.62. The number of benzene rings is 3. The van der Waals surface area contributed by atoms with Crippen molar-refractivity contribution in [1.82, 2.24) is 9.91 Å². The van der Waals surface area contributed by atoms with Gasteiger partial charge in [0, 0.05) is 38.3 Å². The van der Waals surface area contributed by atoms with Crippen LogP contribution in [0, 0.1) is 13.8 Å². The van der Waals surface area contributed by atoms with Crippen LogP contribution in [0.3, 0.4) is 0 Å². The molecule has 0 amide bonds. The number of fused-ring (bicyclic) bond motifs is 1. The van der Waals surface area contributed by atoms with Crippen LogP contribution in [0.5, 0.6) is 5.75 Å². The molecule has 0 bridgehead atoms. The number of piperazine rings is 1. The third-order valence-electron chi connectivity index (χ3n) is 5.54. The summed E-state index contributed by atoms with van der Waals surface area (Å²) in [6.45, 7) is 9.10. The van der Waals surface area contributed by atoms with E-state index in [9.17, 15) is 5.11 Å². The lowest BCUT2D eigenvalue weighted by atomic mass is 10.0. The van der Waals surface area contributed by atoms with Gasteiger partial charge in [0.05, 0.1) is 6.21 Å². The monoisotopic (exact) mass is 373 g/mol. The summed E-state index contributed by atoms with van der Waals surface area (Å²) >= 11 is 0. The fourth-order valence-electron chi connectivity index (χ4n) is 3.83. The maximum atomic E-state index is 10.3. The summed E-state index contributed by atoms with van der Waals surface area (Å²) in [5.74, 6) is 0.274. The lowest BCUT2D eigenvalue weighted by molar-refractivity contribution is 0.131. The predicted molar refractivity (Wildman–Crippen MR) is 116 cm³/mol. The largest absolute Gasteiger partial charge is 0.507 e. The van der Waals surface area contributed by atoms with Crippen LogP contribution in [0.1, 0.15) is 22.3 Å². The summed E-state index contributed by atoms with van der Waals surface area (Å²) < 4.78 is 0. The summed E-state index contributed by atoms with van der Waals surface area (Å²) in [5, 5.41) is 19.2. The van der Waals surface area contributed by atoms with Crippen LogP contribution in [0.4, 0.5) is 0 Å². The molecule has 1 heterocycles. The Bertz CT molecular complexity index is 1000. The molecular weight excluding hydrogens is 346 g/mol. The van der Waals surface area contributed by atoms with Crippen LogP contribution < -0.4 is 0 Å². The van der Waals surface area contributed by atoms with Crippen molar-refractivity contribution in [2.75, 3.05) is 26.2 Å². The summed E-state index contributed by atoms with van der Waals surface area (Å²) in [7, 11) is 0. The van der Waals surface area contributed by atoms with Gasteiger partial charge in [0.2, 0.25) is 0 Å². The Hall–Kier alpha value is -2.85. The van der Waals surface area contributed by atoms with Gasteiger partial charge in [-0.2, -0.15) is 5.10 Å². The van der Waals surface area contributed by atoms with Gasteiger partial charge in [-0.3, -0.25) is 9.91 Å². The van der Waals surface area contributed by atoms with Gasteiger partial charge in [0.25, 0.3) is 0 Å². The van der Waals surface area contributed by atoms with Gasteiger partial charge in [0.1, 0.15) is 5.75 Å². The molecule has 0 atom stereocenters. The molecule has 3 aromatic rings. The second-order valence-electron chi connectivity index (χ2n) is 7.62. The highest BCUT2D eigenvalue weighted by Gasteiger charge is 2.16. The Morgan fingerprint density at radius 2 is 1.75 bits per heavy atom. The number of hydrogen-bond donors (Lipinski definition) is 1. The van der Waals surface area contributed by atoms with E-state index in [4.69, 9.17) is 0 Å². The SMILES string of the molecule is Cc1ccc(CN2CCN(N=Cc3c(O)ccc4ccccc34)CC2)c(C)c1. The third-order valence-corrected chi connectivity index (χ3v) is 5.54. The van der Waals surface area contributed by atoms with E-state index in [2.05, 4.69) is 53.1 Å². The molecule has 3 aromatic carbocycles. The molecule has 0 saturated carbocycles. The predicted octanol–water partition coefficient (Wildman–Crippen LogP) is 4.31. The first-order valence-electron chi connectivity index (χ1n) is 9.88. The minimum atomic E-state index is 0.274. The molecule has 1 saturated heterocycles. The Morgan fingerprint density at radius 3 is 2.54 bits per heavy atom. The van der Waals surface area contributed by atoms with Gasteiger partial charge in [-0.25, -0.2) is 0 Å². The van der Waals surface area contributed by atoms with Crippen LogP contribution in [0.25, 0.3) is 10.8 Å². The first-order chi connectivity index (χ1) is 13.6. The fraction of sp³-hybridized carbons (Fsp3) is 0.292. The van der Waals surface area contributed by atoms with E-state index in [-0.39, 0.29) is 5.75 Å². The maximum absolute atomic E-state index is 10.3. The summed E-state index contributed by atoms with van der Waals surface area (Å²) in [6.07, 6.45) is 1.80. The number of phenols is 1. The molecule has 0 aliphatic carbocycles. The van der Waals surface area contributed by atoms with E-state index < -0.39 is 0 Å². The molecule has 0 radical (unpaired) electrons. The van der Waals surface area contributed by atoms with E-state index >= 15 is 0 Å². The standard InChI is InChI=1S/C24H27N3O/c1-18-7-8-21(19(2)15-18)17-26-11-13-27(14-12-26)25-16-23-22-6-4-3-5-20(22)9-10-24(23)28/h3-10,15-16,28H,11-14,17H2,1-2H3. The average Bonchev–Trinajstić information content (AvgIpc) is 2.70. The molecule has 28 heavy (non-hydrogen) atoms. The minimum absolute atomic E-state index is 0.274. The lowest BCUT2D eigenvalue weighted by Crippen LogP contribution is -2.43. The molecule has 4 heteroatoms. The van der Waals surface area contributed by atoms with Gasteiger partial charge in [-0.15, -0.1) is 0 Å². The maximum Gasteiger partial charge on any atom is 0.125 e. The zero-order valence-electron chi connectivity index (χ0n) is 16.6. The van der Waals surface area contributed by atoms with Crippen molar-refractivity contribution in [3.63, 3.8) is 0 Å². The normalized spacial score (nSPS) is 15.6. The van der Waals surface area contributed by atoms with Gasteiger partial charge >= 0.3 is 0 Å². The van der Waals surface area contributed by atoms with Crippen LogP contribution in [-0.2, 0) is 6.54 Å². The van der Waals surface area contributed by atoms with Gasteiger partial charge in [0.15, 0.2) is 0 Å². The smallest absolute Gasteiger partial charge is 0.125 e. The van der Waals surface area contributed by atoms with Gasteiger partial charge < -0.3 is 5.11 Å².